The van der Waals surface area contributed by atoms with Gasteiger partial charge < -0.3 is 10.2 Å². The Bertz CT molecular complexity index is 605. The number of carbonyl (C=O) groups excluding carboxylic acids is 2. The van der Waals surface area contributed by atoms with Crippen molar-refractivity contribution in [2.24, 2.45) is 11.8 Å². The fraction of sp³-hybridized carbons (Fsp3) is 0.579. The standard InChI is InChI=1S/C19H24N2O2/c22-17(20-19(10-11-19)16-6-2-1-3-7-16)15-5-4-12-21(13-15)18(23)14-8-9-14/h1-3,6-7,14-15H,4-5,8-13H2,(H,20,22)/t15-/m1/s1. The van der Waals surface area contributed by atoms with Crippen LogP contribution in [0.3, 0.4) is 0 Å². The Morgan fingerprint density at radius 3 is 2.43 bits per heavy atom. The zero-order valence-electron chi connectivity index (χ0n) is 13.5. The van der Waals surface area contributed by atoms with E-state index >= 15 is 0 Å². The molecule has 4 heteroatoms. The average Bonchev–Trinajstić information content (AvgIpc) is 3.50. The number of hydrogen-bond donors (Lipinski definition) is 1. The van der Waals surface area contributed by atoms with E-state index < -0.39 is 0 Å². The smallest absolute Gasteiger partial charge is 0.225 e. The Kier molecular flexibility index (Phi) is 3.63. The van der Waals surface area contributed by atoms with Crippen molar-refractivity contribution in [2.45, 2.75) is 44.1 Å². The van der Waals surface area contributed by atoms with Gasteiger partial charge >= 0.3 is 0 Å². The normalized spacial score (nSPS) is 25.7. The Morgan fingerprint density at radius 1 is 1.04 bits per heavy atom. The third-order valence-electron chi connectivity index (χ3n) is 5.47. The first-order valence-corrected chi connectivity index (χ1v) is 8.84. The van der Waals surface area contributed by atoms with Gasteiger partial charge in [-0.3, -0.25) is 9.59 Å². The van der Waals surface area contributed by atoms with Crippen molar-refractivity contribution < 1.29 is 9.59 Å². The second-order valence-electron chi connectivity index (χ2n) is 7.34. The Morgan fingerprint density at radius 2 is 1.78 bits per heavy atom. The molecule has 1 aromatic rings. The van der Waals surface area contributed by atoms with E-state index in [1.54, 1.807) is 0 Å². The first kappa shape index (κ1) is 14.7. The zero-order chi connectivity index (χ0) is 15.9. The molecule has 0 aromatic heterocycles. The second kappa shape index (κ2) is 5.66. The quantitative estimate of drug-likeness (QED) is 0.928. The maximum Gasteiger partial charge on any atom is 0.225 e. The summed E-state index contributed by atoms with van der Waals surface area (Å²) in [7, 11) is 0. The Balaban J connectivity index is 1.40. The summed E-state index contributed by atoms with van der Waals surface area (Å²) in [5.41, 5.74) is 1.05. The van der Waals surface area contributed by atoms with Crippen LogP contribution in [0.4, 0.5) is 0 Å². The summed E-state index contributed by atoms with van der Waals surface area (Å²) in [6, 6.07) is 10.2. The lowest BCUT2D eigenvalue weighted by molar-refractivity contribution is -0.137. The third kappa shape index (κ3) is 2.99. The third-order valence-corrected chi connectivity index (χ3v) is 5.47. The van der Waals surface area contributed by atoms with Gasteiger partial charge in [0.25, 0.3) is 0 Å². The summed E-state index contributed by atoms with van der Waals surface area (Å²) in [5, 5.41) is 3.28. The highest BCUT2D eigenvalue weighted by Crippen LogP contribution is 2.45. The molecule has 1 atom stereocenters. The number of hydrogen-bond acceptors (Lipinski definition) is 2. The van der Waals surface area contributed by atoms with Crippen LogP contribution < -0.4 is 5.32 Å². The van der Waals surface area contributed by atoms with Gasteiger partial charge in [0, 0.05) is 19.0 Å². The van der Waals surface area contributed by atoms with Crippen molar-refractivity contribution >= 4 is 11.8 Å². The van der Waals surface area contributed by atoms with Crippen molar-refractivity contribution in [3.05, 3.63) is 35.9 Å². The van der Waals surface area contributed by atoms with Crippen molar-refractivity contribution in [1.29, 1.82) is 0 Å². The van der Waals surface area contributed by atoms with Gasteiger partial charge in [-0.05, 0) is 44.1 Å². The molecular weight excluding hydrogens is 288 g/mol. The number of nitrogens with zero attached hydrogens (tertiary/aromatic N) is 1. The molecule has 1 aromatic carbocycles. The van der Waals surface area contributed by atoms with Crippen LogP contribution in [0.2, 0.25) is 0 Å². The first-order chi connectivity index (χ1) is 11.2. The van der Waals surface area contributed by atoms with Crippen molar-refractivity contribution in [3.63, 3.8) is 0 Å². The molecule has 3 fully saturated rings. The highest BCUT2D eigenvalue weighted by Gasteiger charge is 2.47. The summed E-state index contributed by atoms with van der Waals surface area (Å²) in [6.45, 7) is 1.43. The number of piperidine rings is 1. The molecule has 4 nitrogen and oxygen atoms in total. The molecular formula is C19H24N2O2. The van der Waals surface area contributed by atoms with Crippen molar-refractivity contribution in [2.75, 3.05) is 13.1 Å². The molecule has 2 aliphatic carbocycles. The molecule has 0 radical (unpaired) electrons. The van der Waals surface area contributed by atoms with E-state index in [2.05, 4.69) is 17.4 Å². The average molecular weight is 312 g/mol. The lowest BCUT2D eigenvalue weighted by Gasteiger charge is -2.33. The predicted molar refractivity (Wildman–Crippen MR) is 87.5 cm³/mol. The van der Waals surface area contributed by atoms with E-state index in [1.165, 1.54) is 5.56 Å². The maximum atomic E-state index is 12.7. The summed E-state index contributed by atoms with van der Waals surface area (Å²) >= 11 is 0. The van der Waals surface area contributed by atoms with Gasteiger partial charge in [-0.25, -0.2) is 0 Å². The fourth-order valence-electron chi connectivity index (χ4n) is 3.69. The molecule has 2 saturated carbocycles. The molecule has 1 heterocycles. The first-order valence-electron chi connectivity index (χ1n) is 8.84. The van der Waals surface area contributed by atoms with Crippen LogP contribution in [0.1, 0.15) is 44.1 Å². The maximum absolute atomic E-state index is 12.7. The minimum Gasteiger partial charge on any atom is -0.346 e. The van der Waals surface area contributed by atoms with Crippen LogP contribution in [-0.4, -0.2) is 29.8 Å². The van der Waals surface area contributed by atoms with E-state index in [0.29, 0.717) is 6.54 Å². The monoisotopic (exact) mass is 312 g/mol. The molecule has 0 unspecified atom stereocenters. The summed E-state index contributed by atoms with van der Waals surface area (Å²) in [4.78, 5) is 26.9. The lowest BCUT2D eigenvalue weighted by atomic mass is 9.95. The molecule has 3 aliphatic rings. The molecule has 0 bridgehead atoms. The summed E-state index contributed by atoms with van der Waals surface area (Å²) in [5.74, 6) is 0.592. The number of carbonyl (C=O) groups is 2. The second-order valence-corrected chi connectivity index (χ2v) is 7.34. The molecule has 122 valence electrons. The van der Waals surface area contributed by atoms with Crippen LogP contribution in [-0.2, 0) is 15.1 Å². The Hall–Kier alpha value is -1.84. The molecule has 1 aliphatic heterocycles. The highest BCUT2D eigenvalue weighted by molar-refractivity contribution is 5.84. The van der Waals surface area contributed by atoms with E-state index in [9.17, 15) is 9.59 Å². The van der Waals surface area contributed by atoms with Crippen LogP contribution >= 0.6 is 0 Å². The molecule has 23 heavy (non-hydrogen) atoms. The molecule has 0 spiro atoms. The van der Waals surface area contributed by atoms with E-state index in [-0.39, 0.29) is 29.2 Å². The summed E-state index contributed by atoms with van der Waals surface area (Å²) in [6.07, 6.45) is 5.92. The number of rotatable bonds is 4. The minimum absolute atomic E-state index is 0.0485. The van der Waals surface area contributed by atoms with Crippen LogP contribution in [0.5, 0.6) is 0 Å². The van der Waals surface area contributed by atoms with Crippen molar-refractivity contribution in [3.8, 4) is 0 Å². The summed E-state index contributed by atoms with van der Waals surface area (Å²) < 4.78 is 0. The van der Waals surface area contributed by atoms with Gasteiger partial charge in [0.05, 0.1) is 11.5 Å². The van der Waals surface area contributed by atoms with Gasteiger partial charge in [-0.2, -0.15) is 0 Å². The molecule has 2 amide bonds. The van der Waals surface area contributed by atoms with E-state index in [4.69, 9.17) is 0 Å². The topological polar surface area (TPSA) is 49.4 Å². The fourth-order valence-corrected chi connectivity index (χ4v) is 3.69. The van der Waals surface area contributed by atoms with Gasteiger partial charge in [0.1, 0.15) is 0 Å². The van der Waals surface area contributed by atoms with Gasteiger partial charge in [0.2, 0.25) is 11.8 Å². The largest absolute Gasteiger partial charge is 0.346 e. The van der Waals surface area contributed by atoms with Crippen LogP contribution in [0.25, 0.3) is 0 Å². The van der Waals surface area contributed by atoms with Crippen LogP contribution in [0, 0.1) is 11.8 Å². The van der Waals surface area contributed by atoms with E-state index in [1.807, 2.05) is 23.1 Å². The zero-order valence-corrected chi connectivity index (χ0v) is 13.5. The van der Waals surface area contributed by atoms with Gasteiger partial charge in [-0.15, -0.1) is 0 Å². The number of likely N-dealkylation sites (tertiary alicyclic amines) is 1. The highest BCUT2D eigenvalue weighted by atomic mass is 16.2. The van der Waals surface area contributed by atoms with Crippen molar-refractivity contribution in [1.82, 2.24) is 10.2 Å². The number of nitrogens with one attached hydrogen (secondary N) is 1. The van der Waals surface area contributed by atoms with Gasteiger partial charge in [-0.1, -0.05) is 30.3 Å². The number of benzene rings is 1. The van der Waals surface area contributed by atoms with Gasteiger partial charge in [0.15, 0.2) is 0 Å². The molecule has 1 saturated heterocycles. The molecule has 4 rings (SSSR count). The number of amides is 2. The lowest BCUT2D eigenvalue weighted by Crippen LogP contribution is -2.48. The molecule has 1 N–H and O–H groups in total. The van der Waals surface area contributed by atoms with E-state index in [0.717, 1.165) is 45.1 Å². The Labute approximate surface area is 137 Å². The SMILES string of the molecule is O=C(NC1(c2ccccc2)CC1)[C@@H]1CCCN(C(=O)C2CC2)C1. The van der Waals surface area contributed by atoms with Crippen LogP contribution in [0.15, 0.2) is 30.3 Å². The minimum atomic E-state index is -0.152. The predicted octanol–water partition coefficient (Wildman–Crippen LogP) is 2.44.